The summed E-state index contributed by atoms with van der Waals surface area (Å²) in [5.74, 6) is 1.50. The Hall–Kier alpha value is -1.68. The van der Waals surface area contributed by atoms with Crippen LogP contribution >= 0.6 is 0 Å². The molecular formula is C17H25N3O. The van der Waals surface area contributed by atoms with E-state index in [1.807, 2.05) is 0 Å². The Morgan fingerprint density at radius 3 is 2.57 bits per heavy atom. The summed E-state index contributed by atoms with van der Waals surface area (Å²) in [6.07, 6.45) is 2.57. The van der Waals surface area contributed by atoms with E-state index in [9.17, 15) is 0 Å². The summed E-state index contributed by atoms with van der Waals surface area (Å²) in [6.45, 7) is 9.50. The number of benzene rings is 1. The molecule has 21 heavy (non-hydrogen) atoms. The van der Waals surface area contributed by atoms with E-state index in [0.29, 0.717) is 6.04 Å². The maximum atomic E-state index is 5.34. The molecule has 4 nitrogen and oxygen atoms in total. The van der Waals surface area contributed by atoms with E-state index in [1.165, 1.54) is 16.7 Å². The predicted octanol–water partition coefficient (Wildman–Crippen LogP) is 3.21. The second kappa shape index (κ2) is 7.36. The van der Waals surface area contributed by atoms with Crippen molar-refractivity contribution in [2.24, 2.45) is 0 Å². The fourth-order valence-corrected chi connectivity index (χ4v) is 2.61. The van der Waals surface area contributed by atoms with Crippen LogP contribution in [0, 0.1) is 13.8 Å². The lowest BCUT2D eigenvalue weighted by Gasteiger charge is -2.09. The second-order valence-electron chi connectivity index (χ2n) is 5.77. The molecule has 0 bridgehead atoms. The van der Waals surface area contributed by atoms with Gasteiger partial charge in [0.15, 0.2) is 5.82 Å². The zero-order valence-corrected chi connectivity index (χ0v) is 13.4. The largest absolute Gasteiger partial charge is 0.339 e. The Bertz CT molecular complexity index is 557. The van der Waals surface area contributed by atoms with E-state index in [4.69, 9.17) is 4.52 Å². The lowest BCUT2D eigenvalue weighted by Crippen LogP contribution is -2.25. The summed E-state index contributed by atoms with van der Waals surface area (Å²) in [4.78, 5) is 4.49. The molecule has 2 aromatic rings. The van der Waals surface area contributed by atoms with E-state index in [2.05, 4.69) is 61.4 Å². The molecule has 1 heterocycles. The van der Waals surface area contributed by atoms with Gasteiger partial charge in [0.1, 0.15) is 0 Å². The zero-order chi connectivity index (χ0) is 15.2. The smallest absolute Gasteiger partial charge is 0.226 e. The van der Waals surface area contributed by atoms with Crippen LogP contribution in [0.5, 0.6) is 0 Å². The van der Waals surface area contributed by atoms with E-state index in [0.717, 1.165) is 37.5 Å². The van der Waals surface area contributed by atoms with Gasteiger partial charge >= 0.3 is 0 Å². The molecule has 0 spiro atoms. The van der Waals surface area contributed by atoms with Crippen molar-refractivity contribution in [2.45, 2.75) is 53.0 Å². The van der Waals surface area contributed by atoms with Crippen LogP contribution in [0.15, 0.2) is 22.7 Å². The first-order valence-electron chi connectivity index (χ1n) is 7.69. The van der Waals surface area contributed by atoms with Crippen LogP contribution in [0.2, 0.25) is 0 Å². The fourth-order valence-electron chi connectivity index (χ4n) is 2.61. The molecule has 0 fully saturated rings. The SMILES string of the molecule is CCNC(C)CCc1nc(Cc2cc(C)cc(C)c2)no1. The van der Waals surface area contributed by atoms with Gasteiger partial charge in [-0.15, -0.1) is 0 Å². The summed E-state index contributed by atoms with van der Waals surface area (Å²) >= 11 is 0. The van der Waals surface area contributed by atoms with Gasteiger partial charge in [0.05, 0.1) is 0 Å². The molecule has 114 valence electrons. The highest BCUT2D eigenvalue weighted by Gasteiger charge is 2.09. The van der Waals surface area contributed by atoms with Crippen LogP contribution < -0.4 is 5.32 Å². The Balaban J connectivity index is 1.93. The van der Waals surface area contributed by atoms with Gasteiger partial charge in [0, 0.05) is 18.9 Å². The highest BCUT2D eigenvalue weighted by Crippen LogP contribution is 2.13. The van der Waals surface area contributed by atoms with Crippen molar-refractivity contribution in [1.29, 1.82) is 0 Å². The molecule has 0 saturated heterocycles. The minimum absolute atomic E-state index is 0.477. The Morgan fingerprint density at radius 1 is 1.19 bits per heavy atom. The quantitative estimate of drug-likeness (QED) is 0.849. The number of hydrogen-bond acceptors (Lipinski definition) is 4. The van der Waals surface area contributed by atoms with Crippen molar-refractivity contribution < 1.29 is 4.52 Å². The summed E-state index contributed by atoms with van der Waals surface area (Å²) in [5, 5.41) is 7.47. The van der Waals surface area contributed by atoms with E-state index in [1.54, 1.807) is 0 Å². The van der Waals surface area contributed by atoms with Gasteiger partial charge in [-0.1, -0.05) is 41.4 Å². The Morgan fingerprint density at radius 2 is 1.90 bits per heavy atom. The fraction of sp³-hybridized carbons (Fsp3) is 0.529. The van der Waals surface area contributed by atoms with Gasteiger partial charge < -0.3 is 9.84 Å². The third-order valence-electron chi connectivity index (χ3n) is 3.50. The van der Waals surface area contributed by atoms with E-state index in [-0.39, 0.29) is 0 Å². The average molecular weight is 287 g/mol. The summed E-state index contributed by atoms with van der Waals surface area (Å²) < 4.78 is 5.34. The molecule has 0 aliphatic rings. The van der Waals surface area contributed by atoms with Crippen molar-refractivity contribution in [3.8, 4) is 0 Å². The molecule has 1 unspecified atom stereocenters. The van der Waals surface area contributed by atoms with Crippen LogP contribution in [0.3, 0.4) is 0 Å². The third-order valence-corrected chi connectivity index (χ3v) is 3.50. The van der Waals surface area contributed by atoms with Crippen molar-refractivity contribution in [2.75, 3.05) is 6.54 Å². The second-order valence-corrected chi connectivity index (χ2v) is 5.77. The van der Waals surface area contributed by atoms with Crippen LogP contribution in [0.4, 0.5) is 0 Å². The lowest BCUT2D eigenvalue weighted by atomic mass is 10.1. The molecule has 2 rings (SSSR count). The monoisotopic (exact) mass is 287 g/mol. The molecule has 0 aliphatic heterocycles. The molecule has 0 amide bonds. The molecule has 4 heteroatoms. The van der Waals surface area contributed by atoms with Gasteiger partial charge in [-0.3, -0.25) is 0 Å². The van der Waals surface area contributed by atoms with Gasteiger partial charge in [0.2, 0.25) is 5.89 Å². The van der Waals surface area contributed by atoms with Crippen molar-refractivity contribution >= 4 is 0 Å². The van der Waals surface area contributed by atoms with E-state index >= 15 is 0 Å². The standard InChI is InChI=1S/C17H25N3O/c1-5-18-14(4)6-7-17-19-16(20-21-17)11-15-9-12(2)8-13(3)10-15/h8-10,14,18H,5-7,11H2,1-4H3. The number of aryl methyl sites for hydroxylation is 3. The lowest BCUT2D eigenvalue weighted by molar-refractivity contribution is 0.363. The molecule has 1 N–H and O–H groups in total. The topological polar surface area (TPSA) is 51.0 Å². The zero-order valence-electron chi connectivity index (χ0n) is 13.4. The van der Waals surface area contributed by atoms with Gasteiger partial charge in [0.25, 0.3) is 0 Å². The normalized spacial score (nSPS) is 12.6. The first kappa shape index (κ1) is 15.7. The molecule has 0 saturated carbocycles. The number of nitrogens with zero attached hydrogens (tertiary/aromatic N) is 2. The number of nitrogens with one attached hydrogen (secondary N) is 1. The van der Waals surface area contributed by atoms with E-state index < -0.39 is 0 Å². The molecular weight excluding hydrogens is 262 g/mol. The highest BCUT2D eigenvalue weighted by molar-refractivity contribution is 5.30. The van der Waals surface area contributed by atoms with Crippen LogP contribution in [-0.4, -0.2) is 22.7 Å². The minimum atomic E-state index is 0.477. The highest BCUT2D eigenvalue weighted by atomic mass is 16.5. The first-order valence-corrected chi connectivity index (χ1v) is 7.69. The van der Waals surface area contributed by atoms with Gasteiger partial charge in [-0.2, -0.15) is 4.98 Å². The molecule has 0 radical (unpaired) electrons. The Labute approximate surface area is 127 Å². The first-order chi connectivity index (χ1) is 10.1. The third kappa shape index (κ3) is 4.97. The van der Waals surface area contributed by atoms with Crippen LogP contribution in [0.25, 0.3) is 0 Å². The van der Waals surface area contributed by atoms with Crippen molar-refractivity contribution in [3.63, 3.8) is 0 Å². The summed E-state index contributed by atoms with van der Waals surface area (Å²) in [7, 11) is 0. The van der Waals surface area contributed by atoms with Gasteiger partial charge in [-0.25, -0.2) is 0 Å². The number of hydrogen-bond donors (Lipinski definition) is 1. The molecule has 1 atom stereocenters. The molecule has 0 aliphatic carbocycles. The van der Waals surface area contributed by atoms with Crippen molar-refractivity contribution in [3.05, 3.63) is 46.6 Å². The Kier molecular flexibility index (Phi) is 5.51. The predicted molar refractivity (Wildman–Crippen MR) is 84.5 cm³/mol. The number of rotatable bonds is 7. The average Bonchev–Trinajstić information content (AvgIpc) is 2.83. The summed E-state index contributed by atoms with van der Waals surface area (Å²) in [6, 6.07) is 7.00. The van der Waals surface area contributed by atoms with Crippen molar-refractivity contribution in [1.82, 2.24) is 15.5 Å². The maximum Gasteiger partial charge on any atom is 0.226 e. The van der Waals surface area contributed by atoms with Gasteiger partial charge in [-0.05, 0) is 39.3 Å². The summed E-state index contributed by atoms with van der Waals surface area (Å²) in [5.41, 5.74) is 3.78. The van der Waals surface area contributed by atoms with Crippen LogP contribution in [0.1, 0.15) is 48.7 Å². The minimum Gasteiger partial charge on any atom is -0.339 e. The maximum absolute atomic E-state index is 5.34. The van der Waals surface area contributed by atoms with Crippen LogP contribution in [-0.2, 0) is 12.8 Å². The molecule has 1 aromatic heterocycles. The molecule has 1 aromatic carbocycles. The number of aromatic nitrogens is 2.